The van der Waals surface area contributed by atoms with Gasteiger partial charge in [0.15, 0.2) is 0 Å². The second kappa shape index (κ2) is 10.4. The molecule has 4 aromatic rings. The molecule has 0 unspecified atom stereocenters. The number of hydrogen-bond donors (Lipinski definition) is 2. The van der Waals surface area contributed by atoms with Gasteiger partial charge in [0.1, 0.15) is 17.3 Å². The Morgan fingerprint density at radius 2 is 1.85 bits per heavy atom. The van der Waals surface area contributed by atoms with E-state index >= 15 is 0 Å². The van der Waals surface area contributed by atoms with Crippen molar-refractivity contribution in [2.24, 2.45) is 0 Å². The van der Waals surface area contributed by atoms with E-state index in [1.54, 1.807) is 24.4 Å². The van der Waals surface area contributed by atoms with Gasteiger partial charge in [0.25, 0.3) is 5.91 Å². The molecular weight excluding hydrogens is 452 g/mol. The van der Waals surface area contributed by atoms with E-state index in [9.17, 15) is 9.59 Å². The summed E-state index contributed by atoms with van der Waals surface area (Å²) in [5.74, 6) is 0.809. The molecule has 0 aliphatic rings. The fourth-order valence-corrected chi connectivity index (χ4v) is 3.88. The van der Waals surface area contributed by atoms with Crippen LogP contribution in [0.2, 0.25) is 5.02 Å². The largest absolute Gasteiger partial charge is 0.455 e. The van der Waals surface area contributed by atoms with Gasteiger partial charge in [-0.15, -0.1) is 0 Å². The molecule has 174 valence electrons. The molecule has 3 aromatic heterocycles. The highest BCUT2D eigenvalue weighted by molar-refractivity contribution is 6.33. The zero-order valence-electron chi connectivity index (χ0n) is 19.0. The summed E-state index contributed by atoms with van der Waals surface area (Å²) in [6, 6.07) is 14.6. The molecule has 8 heteroatoms. The van der Waals surface area contributed by atoms with Crippen LogP contribution in [0.1, 0.15) is 29.3 Å². The summed E-state index contributed by atoms with van der Waals surface area (Å²) in [5, 5.41) is 6.14. The van der Waals surface area contributed by atoms with Gasteiger partial charge in [-0.1, -0.05) is 23.7 Å². The summed E-state index contributed by atoms with van der Waals surface area (Å²) in [6.45, 7) is 4.63. The minimum Gasteiger partial charge on any atom is -0.455 e. The standard InChI is InChI=1S/C26H25ClN4O3/c1-17-16-29-24(30-18(2)32)15-20(17)23-14-21(25(34-23)19-8-3-4-9-22(19)27)26(33)28-10-7-13-31-11-5-6-12-31/h3-6,8-9,11-12,14-16H,7,10,13H2,1-2H3,(H,28,33)(H,29,30,32). The first-order valence-corrected chi connectivity index (χ1v) is 11.3. The predicted molar refractivity (Wildman–Crippen MR) is 133 cm³/mol. The fourth-order valence-electron chi connectivity index (χ4n) is 3.65. The highest BCUT2D eigenvalue weighted by Crippen LogP contribution is 2.37. The van der Waals surface area contributed by atoms with Crippen molar-refractivity contribution in [2.75, 3.05) is 11.9 Å². The van der Waals surface area contributed by atoms with E-state index in [4.69, 9.17) is 16.0 Å². The summed E-state index contributed by atoms with van der Waals surface area (Å²) in [6.07, 6.45) is 6.42. The van der Waals surface area contributed by atoms with Gasteiger partial charge in [-0.2, -0.15) is 0 Å². The minimum absolute atomic E-state index is 0.224. The third-order valence-electron chi connectivity index (χ3n) is 5.31. The van der Waals surface area contributed by atoms with Gasteiger partial charge < -0.3 is 19.6 Å². The van der Waals surface area contributed by atoms with E-state index in [1.165, 1.54) is 6.92 Å². The van der Waals surface area contributed by atoms with E-state index in [-0.39, 0.29) is 11.8 Å². The number of carbonyl (C=O) groups is 2. The molecule has 0 atom stereocenters. The maximum absolute atomic E-state index is 13.2. The first-order chi connectivity index (χ1) is 16.4. The molecule has 0 bridgehead atoms. The van der Waals surface area contributed by atoms with Gasteiger partial charge in [-0.25, -0.2) is 4.98 Å². The molecule has 7 nitrogen and oxygen atoms in total. The summed E-state index contributed by atoms with van der Waals surface area (Å²) in [4.78, 5) is 28.9. The number of amides is 2. The molecule has 0 fully saturated rings. The van der Waals surface area contributed by atoms with Crippen LogP contribution in [0, 0.1) is 6.92 Å². The van der Waals surface area contributed by atoms with E-state index in [0.717, 1.165) is 24.1 Å². The lowest BCUT2D eigenvalue weighted by molar-refractivity contribution is -0.114. The summed E-state index contributed by atoms with van der Waals surface area (Å²) >= 11 is 6.44. The molecule has 1 aromatic carbocycles. The van der Waals surface area contributed by atoms with E-state index in [1.807, 2.05) is 49.6 Å². The summed E-state index contributed by atoms with van der Waals surface area (Å²) in [5.41, 5.74) is 2.58. The molecule has 4 rings (SSSR count). The first-order valence-electron chi connectivity index (χ1n) is 10.9. The van der Waals surface area contributed by atoms with E-state index in [2.05, 4.69) is 20.2 Å². The molecule has 34 heavy (non-hydrogen) atoms. The van der Waals surface area contributed by atoms with Crippen molar-refractivity contribution in [3.05, 3.63) is 83.3 Å². The van der Waals surface area contributed by atoms with Crippen LogP contribution < -0.4 is 10.6 Å². The van der Waals surface area contributed by atoms with Crippen molar-refractivity contribution < 1.29 is 14.0 Å². The second-order valence-corrected chi connectivity index (χ2v) is 8.34. The number of furan rings is 1. The lowest BCUT2D eigenvalue weighted by atomic mass is 10.1. The Morgan fingerprint density at radius 1 is 1.09 bits per heavy atom. The number of anilines is 1. The molecule has 0 radical (unpaired) electrons. The fraction of sp³-hybridized carbons (Fsp3) is 0.192. The number of nitrogens with zero attached hydrogens (tertiary/aromatic N) is 2. The van der Waals surface area contributed by atoms with Crippen molar-refractivity contribution in [3.63, 3.8) is 0 Å². The highest BCUT2D eigenvalue weighted by atomic mass is 35.5. The van der Waals surface area contributed by atoms with Gasteiger partial charge in [-0.05, 0) is 55.3 Å². The number of hydrogen-bond acceptors (Lipinski definition) is 4. The number of carbonyl (C=O) groups excluding carboxylic acids is 2. The maximum atomic E-state index is 13.2. The van der Waals surface area contributed by atoms with Crippen LogP contribution in [0.25, 0.3) is 22.6 Å². The van der Waals surface area contributed by atoms with Crippen molar-refractivity contribution >= 4 is 29.2 Å². The molecule has 0 saturated carbocycles. The third-order valence-corrected chi connectivity index (χ3v) is 5.64. The normalized spacial score (nSPS) is 10.8. The number of aryl methyl sites for hydroxylation is 2. The lowest BCUT2D eigenvalue weighted by Gasteiger charge is -2.07. The SMILES string of the molecule is CC(=O)Nc1cc(-c2cc(C(=O)NCCCn3cccc3)c(-c3ccccc3Cl)o2)c(C)cn1. The van der Waals surface area contributed by atoms with Crippen LogP contribution in [0.3, 0.4) is 0 Å². The topological polar surface area (TPSA) is 89.2 Å². The van der Waals surface area contributed by atoms with Crippen LogP contribution in [-0.4, -0.2) is 27.9 Å². The first kappa shape index (κ1) is 23.3. The molecule has 0 saturated heterocycles. The van der Waals surface area contributed by atoms with Gasteiger partial charge in [0.05, 0.1) is 10.6 Å². The van der Waals surface area contributed by atoms with Crippen LogP contribution in [-0.2, 0) is 11.3 Å². The van der Waals surface area contributed by atoms with Gasteiger partial charge in [0.2, 0.25) is 5.91 Å². The van der Waals surface area contributed by atoms with Crippen LogP contribution in [0.5, 0.6) is 0 Å². The average Bonchev–Trinajstić information content (AvgIpc) is 3.48. The predicted octanol–water partition coefficient (Wildman–Crippen LogP) is 5.55. The Balaban J connectivity index is 1.65. The molecule has 2 N–H and O–H groups in total. The molecule has 0 aliphatic carbocycles. The lowest BCUT2D eigenvalue weighted by Crippen LogP contribution is -2.25. The smallest absolute Gasteiger partial charge is 0.255 e. The molecule has 0 spiro atoms. The average molecular weight is 477 g/mol. The zero-order chi connectivity index (χ0) is 24.1. The van der Waals surface area contributed by atoms with Crippen LogP contribution in [0.15, 0.2) is 71.5 Å². The third kappa shape index (κ3) is 5.38. The number of halogens is 1. The minimum atomic E-state index is -0.244. The summed E-state index contributed by atoms with van der Waals surface area (Å²) in [7, 11) is 0. The molecule has 2 amide bonds. The number of benzene rings is 1. The Kier molecular flexibility index (Phi) is 7.13. The van der Waals surface area contributed by atoms with Crippen molar-refractivity contribution in [3.8, 4) is 22.6 Å². The Morgan fingerprint density at radius 3 is 2.59 bits per heavy atom. The van der Waals surface area contributed by atoms with Gasteiger partial charge >= 0.3 is 0 Å². The Hall–Kier alpha value is -3.84. The van der Waals surface area contributed by atoms with Gasteiger partial charge in [0, 0.05) is 49.7 Å². The van der Waals surface area contributed by atoms with Crippen molar-refractivity contribution in [1.29, 1.82) is 0 Å². The molecular formula is C26H25ClN4O3. The van der Waals surface area contributed by atoms with Crippen molar-refractivity contribution in [1.82, 2.24) is 14.9 Å². The monoisotopic (exact) mass is 476 g/mol. The number of pyridine rings is 1. The highest BCUT2D eigenvalue weighted by Gasteiger charge is 2.22. The van der Waals surface area contributed by atoms with Crippen LogP contribution >= 0.6 is 11.6 Å². The molecule has 0 aliphatic heterocycles. The number of rotatable bonds is 8. The number of aromatic nitrogens is 2. The van der Waals surface area contributed by atoms with Crippen LogP contribution in [0.4, 0.5) is 5.82 Å². The second-order valence-electron chi connectivity index (χ2n) is 7.93. The maximum Gasteiger partial charge on any atom is 0.255 e. The quantitative estimate of drug-likeness (QED) is 0.326. The van der Waals surface area contributed by atoms with Crippen molar-refractivity contribution in [2.45, 2.75) is 26.8 Å². The van der Waals surface area contributed by atoms with Gasteiger partial charge in [-0.3, -0.25) is 9.59 Å². The Bertz CT molecular complexity index is 1310. The number of nitrogens with one attached hydrogen (secondary N) is 2. The molecule has 3 heterocycles. The zero-order valence-corrected chi connectivity index (χ0v) is 19.7. The van der Waals surface area contributed by atoms with E-state index in [0.29, 0.717) is 40.0 Å². The summed E-state index contributed by atoms with van der Waals surface area (Å²) < 4.78 is 8.27. The Labute approximate surface area is 202 Å². The van der Waals surface area contributed by atoms with E-state index < -0.39 is 0 Å².